The van der Waals surface area contributed by atoms with E-state index >= 15 is 0 Å². The number of H-pyrrole nitrogens is 3. The Labute approximate surface area is 279 Å². The number of carbonyl (C=O) groups is 2. The van der Waals surface area contributed by atoms with Crippen LogP contribution < -0.4 is 22.5 Å². The van der Waals surface area contributed by atoms with Gasteiger partial charge in [0.05, 0.1) is 12.2 Å². The van der Waals surface area contributed by atoms with Crippen molar-refractivity contribution in [1.29, 1.82) is 0 Å². The van der Waals surface area contributed by atoms with Crippen molar-refractivity contribution in [1.82, 2.24) is 19.5 Å². The third-order valence-corrected chi connectivity index (χ3v) is 7.79. The lowest BCUT2D eigenvalue weighted by atomic mass is 9.99. The average Bonchev–Trinajstić information content (AvgIpc) is 3.02. The third-order valence-electron chi connectivity index (χ3n) is 7.79. The van der Waals surface area contributed by atoms with Gasteiger partial charge in [-0.15, -0.1) is 0 Å². The summed E-state index contributed by atoms with van der Waals surface area (Å²) >= 11 is 0. The first-order valence-electron chi connectivity index (χ1n) is 15.5. The van der Waals surface area contributed by atoms with Gasteiger partial charge in [-0.25, -0.2) is 18.4 Å². The van der Waals surface area contributed by atoms with Crippen LogP contribution in [0.3, 0.4) is 0 Å². The molecule has 10 nitrogen and oxygen atoms in total. The van der Waals surface area contributed by atoms with Crippen LogP contribution in [0.25, 0.3) is 0 Å². The summed E-state index contributed by atoms with van der Waals surface area (Å²) in [5.74, 6) is -2.24. The Morgan fingerprint density at radius 3 is 1.69 bits per heavy atom. The highest BCUT2D eigenvalue weighted by Crippen LogP contribution is 2.18. The van der Waals surface area contributed by atoms with Crippen LogP contribution in [-0.4, -0.2) is 31.1 Å². The van der Waals surface area contributed by atoms with Crippen molar-refractivity contribution in [3.63, 3.8) is 0 Å². The number of aromatic nitrogens is 4. The SMILES string of the molecule is CCc1c(C(=O)c2cc(C)cc(C)c2)[nH]c(=O)[nH]c1=O.CCc1c(C(=O)c2cc(C)cc(C)c2)n(Cc2cc(F)ccc2F)c(=O)[nH]c1=O. The molecule has 0 atom stereocenters. The maximum atomic E-state index is 14.2. The molecule has 0 aliphatic heterocycles. The minimum absolute atomic E-state index is 0.0752. The Hall–Kier alpha value is -5.78. The van der Waals surface area contributed by atoms with Crippen molar-refractivity contribution < 1.29 is 18.4 Å². The summed E-state index contributed by atoms with van der Waals surface area (Å²) in [4.78, 5) is 80.6. The van der Waals surface area contributed by atoms with E-state index in [0.29, 0.717) is 23.1 Å². The molecule has 0 bridgehead atoms. The van der Waals surface area contributed by atoms with Crippen molar-refractivity contribution in [2.75, 3.05) is 0 Å². The van der Waals surface area contributed by atoms with Crippen LogP contribution in [0.1, 0.15) is 84.9 Å². The fourth-order valence-electron chi connectivity index (χ4n) is 5.72. The van der Waals surface area contributed by atoms with Gasteiger partial charge in [-0.05, 0) is 83.0 Å². The molecule has 0 unspecified atom stereocenters. The lowest BCUT2D eigenvalue weighted by Crippen LogP contribution is -2.37. The molecular formula is C37H36F2N4O6. The Bertz CT molecular complexity index is 2290. The summed E-state index contributed by atoms with van der Waals surface area (Å²) in [6.45, 7) is 10.5. The second-order valence-electron chi connectivity index (χ2n) is 11.8. The first-order valence-corrected chi connectivity index (χ1v) is 15.5. The van der Waals surface area contributed by atoms with E-state index in [1.807, 2.05) is 39.8 Å². The molecule has 0 amide bonds. The lowest BCUT2D eigenvalue weighted by Gasteiger charge is -2.16. The minimum atomic E-state index is -0.858. The van der Waals surface area contributed by atoms with Crippen LogP contribution in [0.5, 0.6) is 0 Å². The number of hydrogen-bond donors (Lipinski definition) is 3. The molecule has 5 rings (SSSR count). The minimum Gasteiger partial charge on any atom is -0.304 e. The molecule has 12 heteroatoms. The van der Waals surface area contributed by atoms with Crippen molar-refractivity contribution in [2.24, 2.45) is 0 Å². The number of rotatable bonds is 8. The van der Waals surface area contributed by atoms with Crippen molar-refractivity contribution in [2.45, 2.75) is 60.9 Å². The van der Waals surface area contributed by atoms with E-state index < -0.39 is 46.5 Å². The zero-order valence-electron chi connectivity index (χ0n) is 28.0. The van der Waals surface area contributed by atoms with E-state index in [1.165, 1.54) is 0 Å². The Morgan fingerprint density at radius 1 is 0.653 bits per heavy atom. The third kappa shape index (κ3) is 8.21. The number of aromatic amines is 3. The number of halogens is 2. The van der Waals surface area contributed by atoms with Gasteiger partial charge < -0.3 is 4.98 Å². The van der Waals surface area contributed by atoms with Crippen molar-refractivity contribution in [3.8, 4) is 0 Å². The van der Waals surface area contributed by atoms with E-state index in [2.05, 4.69) is 15.0 Å². The molecule has 0 aliphatic carbocycles. The molecule has 254 valence electrons. The van der Waals surface area contributed by atoms with Crippen LogP contribution in [-0.2, 0) is 19.4 Å². The number of carbonyl (C=O) groups excluding carboxylic acids is 2. The van der Waals surface area contributed by atoms with Gasteiger partial charge in [0.2, 0.25) is 11.6 Å². The van der Waals surface area contributed by atoms with E-state index in [9.17, 15) is 37.5 Å². The van der Waals surface area contributed by atoms with Crippen molar-refractivity contribution >= 4 is 11.6 Å². The second-order valence-corrected chi connectivity index (χ2v) is 11.8. The molecule has 0 spiro atoms. The summed E-state index contributed by atoms with van der Waals surface area (Å²) in [7, 11) is 0. The molecule has 3 N–H and O–H groups in total. The van der Waals surface area contributed by atoms with E-state index in [0.717, 1.165) is 45.0 Å². The van der Waals surface area contributed by atoms with Gasteiger partial charge in [0.25, 0.3) is 11.1 Å². The number of hydrogen-bond acceptors (Lipinski definition) is 6. The second kappa shape index (κ2) is 15.0. The summed E-state index contributed by atoms with van der Waals surface area (Å²) < 4.78 is 28.8. The van der Waals surface area contributed by atoms with Gasteiger partial charge in [-0.2, -0.15) is 0 Å². The number of aryl methyl sites for hydroxylation is 4. The van der Waals surface area contributed by atoms with Crippen LogP contribution in [0.2, 0.25) is 0 Å². The molecule has 0 fully saturated rings. The molecule has 0 saturated carbocycles. The highest BCUT2D eigenvalue weighted by atomic mass is 19.1. The summed E-state index contributed by atoms with van der Waals surface area (Å²) in [6.07, 6.45) is 0.561. The highest BCUT2D eigenvalue weighted by Gasteiger charge is 2.23. The van der Waals surface area contributed by atoms with E-state index in [-0.39, 0.29) is 34.7 Å². The molecular weight excluding hydrogens is 634 g/mol. The molecule has 0 saturated heterocycles. The highest BCUT2D eigenvalue weighted by molar-refractivity contribution is 6.09. The summed E-state index contributed by atoms with van der Waals surface area (Å²) in [5, 5.41) is 0. The maximum absolute atomic E-state index is 14.2. The number of nitrogens with zero attached hydrogens (tertiary/aromatic N) is 1. The van der Waals surface area contributed by atoms with Gasteiger partial charge in [0.1, 0.15) is 17.3 Å². The fraction of sp³-hybridized carbons (Fsp3) is 0.243. The summed E-state index contributed by atoms with van der Waals surface area (Å²) in [5.41, 5.74) is 1.97. The Balaban J connectivity index is 0.000000237. The molecule has 2 aromatic heterocycles. The van der Waals surface area contributed by atoms with Gasteiger partial charge in [-0.3, -0.25) is 33.7 Å². The summed E-state index contributed by atoms with van der Waals surface area (Å²) in [6, 6.07) is 13.5. The van der Waals surface area contributed by atoms with E-state index in [4.69, 9.17) is 0 Å². The number of ketones is 2. The largest absolute Gasteiger partial charge is 0.329 e. The normalized spacial score (nSPS) is 10.8. The van der Waals surface area contributed by atoms with Gasteiger partial charge in [0, 0.05) is 27.8 Å². The van der Waals surface area contributed by atoms with Crippen LogP contribution >= 0.6 is 0 Å². The maximum Gasteiger partial charge on any atom is 0.329 e. The zero-order chi connectivity index (χ0) is 36.2. The monoisotopic (exact) mass is 670 g/mol. The predicted octanol–water partition coefficient (Wildman–Crippen LogP) is 4.75. The van der Waals surface area contributed by atoms with Gasteiger partial charge in [0.15, 0.2) is 0 Å². The standard InChI is InChI=1S/C22H20F2N2O3.C15H16N2O3/c1-4-17-19(20(27)14-8-12(2)7-13(3)9-14)26(22(29)25-21(17)28)11-15-10-16(23)5-6-18(15)24;1-4-11-12(16-15(20)17-14(11)19)13(18)10-6-8(2)5-9(3)7-10/h5-10H,4,11H2,1-3H3,(H,25,28,29);5-7H,4H2,1-3H3,(H2,16,17,19,20). The molecule has 2 heterocycles. The fourth-order valence-corrected chi connectivity index (χ4v) is 5.72. The topological polar surface area (TPSA) is 155 Å². The number of benzene rings is 3. The van der Waals surface area contributed by atoms with Crippen LogP contribution in [0.4, 0.5) is 8.78 Å². The van der Waals surface area contributed by atoms with Crippen LogP contribution in [0, 0.1) is 39.3 Å². The van der Waals surface area contributed by atoms with Gasteiger partial charge in [-0.1, -0.05) is 48.2 Å². The molecule has 5 aromatic rings. The first-order chi connectivity index (χ1) is 23.1. The predicted molar refractivity (Wildman–Crippen MR) is 182 cm³/mol. The quantitative estimate of drug-likeness (QED) is 0.203. The molecule has 0 aliphatic rings. The first kappa shape index (κ1) is 36.1. The Morgan fingerprint density at radius 2 is 1.16 bits per heavy atom. The zero-order valence-corrected chi connectivity index (χ0v) is 28.0. The average molecular weight is 671 g/mol. The number of nitrogens with one attached hydrogen (secondary N) is 3. The Kier molecular flexibility index (Phi) is 11.0. The van der Waals surface area contributed by atoms with E-state index in [1.54, 1.807) is 38.1 Å². The molecule has 0 radical (unpaired) electrons. The molecule has 3 aromatic carbocycles. The lowest BCUT2D eigenvalue weighted by molar-refractivity contribution is 0.102. The smallest absolute Gasteiger partial charge is 0.304 e. The van der Waals surface area contributed by atoms with Crippen LogP contribution in [0.15, 0.2) is 73.8 Å². The van der Waals surface area contributed by atoms with Crippen molar-refractivity contribution in [3.05, 3.63) is 169 Å². The molecule has 49 heavy (non-hydrogen) atoms. The van der Waals surface area contributed by atoms with Gasteiger partial charge >= 0.3 is 11.4 Å².